The van der Waals surface area contributed by atoms with Crippen LogP contribution in [-0.4, -0.2) is 21.1 Å². The average molecular weight is 216 g/mol. The van der Waals surface area contributed by atoms with Crippen molar-refractivity contribution in [3.63, 3.8) is 0 Å². The third kappa shape index (κ3) is 1.94. The Labute approximate surface area is 89.7 Å². The third-order valence-corrected chi connectivity index (χ3v) is 1.99. The average Bonchev–Trinajstić information content (AvgIpc) is 2.69. The molecule has 1 N–H and O–H groups in total. The van der Waals surface area contributed by atoms with E-state index in [4.69, 9.17) is 5.53 Å². The molecule has 0 aliphatic heterocycles. The highest BCUT2D eigenvalue weighted by atomic mass is 16.1. The van der Waals surface area contributed by atoms with Gasteiger partial charge in [-0.3, -0.25) is 4.79 Å². The molecule has 0 fully saturated rings. The quantitative estimate of drug-likeness (QED) is 0.475. The molecule has 0 bridgehead atoms. The maximum atomic E-state index is 11.4. The van der Waals surface area contributed by atoms with Gasteiger partial charge in [0.2, 0.25) is 0 Å². The molecule has 0 spiro atoms. The Bertz CT molecular complexity index is 631. The zero-order valence-electron chi connectivity index (χ0n) is 8.24. The summed E-state index contributed by atoms with van der Waals surface area (Å²) in [7, 11) is 0. The molecule has 2 heterocycles. The summed E-state index contributed by atoms with van der Waals surface area (Å²) in [5.74, 6) is 0. The van der Waals surface area contributed by atoms with E-state index >= 15 is 0 Å². The molecule has 80 valence electrons. The fourth-order valence-corrected chi connectivity index (χ4v) is 1.32. The molecule has 0 unspecified atom stereocenters. The Morgan fingerprint density at radius 2 is 2.56 bits per heavy atom. The Kier molecular flexibility index (Phi) is 2.71. The van der Waals surface area contributed by atoms with Crippen molar-refractivity contribution in [2.24, 2.45) is 5.11 Å². The molecule has 0 saturated carbocycles. The lowest BCUT2D eigenvalue weighted by atomic mass is 10.3. The normalized spacial score (nSPS) is 10.8. The van der Waals surface area contributed by atoms with E-state index in [0.717, 1.165) is 5.56 Å². The van der Waals surface area contributed by atoms with Crippen molar-refractivity contribution in [1.82, 2.24) is 14.6 Å². The van der Waals surface area contributed by atoms with Crippen LogP contribution < -0.4 is 5.56 Å². The topological polar surface area (TPSA) is 98.9 Å². The summed E-state index contributed by atoms with van der Waals surface area (Å²) in [6, 6.07) is 1.71. The summed E-state index contributed by atoms with van der Waals surface area (Å²) >= 11 is 0. The Morgan fingerprint density at radius 3 is 3.31 bits per heavy atom. The van der Waals surface area contributed by atoms with Gasteiger partial charge < -0.3 is 4.98 Å². The van der Waals surface area contributed by atoms with Crippen LogP contribution in [0.4, 0.5) is 0 Å². The van der Waals surface area contributed by atoms with E-state index in [1.165, 1.54) is 10.8 Å². The van der Waals surface area contributed by atoms with Crippen LogP contribution >= 0.6 is 0 Å². The Balaban J connectivity index is 2.33. The maximum absolute atomic E-state index is 11.4. The molecule has 0 aliphatic carbocycles. The predicted octanol–water partition coefficient (Wildman–Crippen LogP) is 1.35. The molecule has 2 rings (SSSR count). The van der Waals surface area contributed by atoms with Crippen LogP contribution in [0.25, 0.3) is 22.0 Å². The molecule has 0 aliphatic rings. The molecule has 0 saturated heterocycles. The first-order chi connectivity index (χ1) is 7.81. The number of nitrogens with zero attached hydrogens (tertiary/aromatic N) is 5. The summed E-state index contributed by atoms with van der Waals surface area (Å²) in [6.45, 7) is 0.284. The second-order valence-electron chi connectivity index (χ2n) is 3.04. The molecule has 7 heteroatoms. The summed E-state index contributed by atoms with van der Waals surface area (Å²) in [5, 5.41) is 7.31. The minimum absolute atomic E-state index is 0.190. The van der Waals surface area contributed by atoms with Gasteiger partial charge in [0.15, 0.2) is 0 Å². The minimum Gasteiger partial charge on any atom is -0.310 e. The molecule has 0 amide bonds. The molecule has 16 heavy (non-hydrogen) atoms. The molecular weight excluding hydrogens is 208 g/mol. The van der Waals surface area contributed by atoms with Gasteiger partial charge in [0.25, 0.3) is 5.56 Å². The number of aromatic nitrogens is 3. The molecule has 0 aromatic carbocycles. The van der Waals surface area contributed by atoms with Gasteiger partial charge >= 0.3 is 0 Å². The number of hydrogen-bond donors (Lipinski definition) is 1. The van der Waals surface area contributed by atoms with Crippen molar-refractivity contribution in [3.8, 4) is 0 Å². The monoisotopic (exact) mass is 216 g/mol. The number of hydrogen-bond acceptors (Lipinski definition) is 3. The van der Waals surface area contributed by atoms with Crippen molar-refractivity contribution < 1.29 is 0 Å². The van der Waals surface area contributed by atoms with Crippen molar-refractivity contribution in [2.75, 3.05) is 6.54 Å². The molecule has 0 radical (unpaired) electrons. The van der Waals surface area contributed by atoms with Gasteiger partial charge in [-0.25, -0.2) is 4.52 Å². The highest BCUT2D eigenvalue weighted by molar-refractivity contribution is 5.58. The number of aromatic amines is 1. The van der Waals surface area contributed by atoms with Crippen LogP contribution in [0.3, 0.4) is 0 Å². The van der Waals surface area contributed by atoms with Crippen LogP contribution in [0.1, 0.15) is 5.56 Å². The molecule has 2 aromatic rings. The molecular formula is C9H8N6O. The molecule has 0 atom stereocenters. The number of nitrogens with one attached hydrogen (secondary N) is 1. The standard InChI is InChI=1S/C9H8N6O/c10-14-12-3-1-2-7-4-8-9(16)11-6-13-15(8)5-7/h1-2,4-6H,3H2,(H,11,13,16). The van der Waals surface area contributed by atoms with Crippen LogP contribution in [0.15, 0.2) is 34.6 Å². The third-order valence-electron chi connectivity index (χ3n) is 1.99. The van der Waals surface area contributed by atoms with Crippen molar-refractivity contribution in [1.29, 1.82) is 0 Å². The first kappa shape index (κ1) is 10.0. The van der Waals surface area contributed by atoms with Crippen LogP contribution in [0, 0.1) is 0 Å². The van der Waals surface area contributed by atoms with E-state index in [9.17, 15) is 4.79 Å². The fourth-order valence-electron chi connectivity index (χ4n) is 1.32. The Hall–Kier alpha value is -2.53. The number of azide groups is 1. The summed E-state index contributed by atoms with van der Waals surface area (Å²) in [5.41, 5.74) is 9.20. The maximum Gasteiger partial charge on any atom is 0.275 e. The fraction of sp³-hybridized carbons (Fsp3) is 0.111. The van der Waals surface area contributed by atoms with E-state index < -0.39 is 0 Å². The number of H-pyrrole nitrogens is 1. The first-order valence-electron chi connectivity index (χ1n) is 4.55. The smallest absolute Gasteiger partial charge is 0.275 e. The van der Waals surface area contributed by atoms with E-state index in [0.29, 0.717) is 5.52 Å². The lowest BCUT2D eigenvalue weighted by molar-refractivity contribution is 0.888. The van der Waals surface area contributed by atoms with E-state index in [1.54, 1.807) is 24.4 Å². The van der Waals surface area contributed by atoms with Crippen LogP contribution in [0.2, 0.25) is 0 Å². The Morgan fingerprint density at radius 1 is 1.69 bits per heavy atom. The zero-order chi connectivity index (χ0) is 11.4. The molecule has 2 aromatic heterocycles. The van der Waals surface area contributed by atoms with Gasteiger partial charge in [-0.15, -0.1) is 0 Å². The van der Waals surface area contributed by atoms with Crippen LogP contribution in [-0.2, 0) is 0 Å². The zero-order valence-corrected chi connectivity index (χ0v) is 8.24. The van der Waals surface area contributed by atoms with Gasteiger partial charge in [0.05, 0.1) is 0 Å². The van der Waals surface area contributed by atoms with Gasteiger partial charge in [-0.1, -0.05) is 17.3 Å². The second kappa shape index (κ2) is 4.33. The number of fused-ring (bicyclic) bond motifs is 1. The van der Waals surface area contributed by atoms with Crippen LogP contribution in [0.5, 0.6) is 0 Å². The second-order valence-corrected chi connectivity index (χ2v) is 3.04. The lowest BCUT2D eigenvalue weighted by Gasteiger charge is -1.87. The summed E-state index contributed by atoms with van der Waals surface area (Å²) in [6.07, 6.45) is 6.53. The largest absolute Gasteiger partial charge is 0.310 e. The van der Waals surface area contributed by atoms with E-state index in [-0.39, 0.29) is 12.1 Å². The summed E-state index contributed by atoms with van der Waals surface area (Å²) in [4.78, 5) is 16.5. The highest BCUT2D eigenvalue weighted by Gasteiger charge is 2.00. The molecule has 7 nitrogen and oxygen atoms in total. The first-order valence-corrected chi connectivity index (χ1v) is 4.55. The lowest BCUT2D eigenvalue weighted by Crippen LogP contribution is -2.09. The minimum atomic E-state index is -0.190. The van der Waals surface area contributed by atoms with Gasteiger partial charge in [-0.05, 0) is 17.2 Å². The predicted molar refractivity (Wildman–Crippen MR) is 58.9 cm³/mol. The van der Waals surface area contributed by atoms with Crippen molar-refractivity contribution >= 4 is 11.6 Å². The van der Waals surface area contributed by atoms with Gasteiger partial charge in [-0.2, -0.15) is 5.10 Å². The van der Waals surface area contributed by atoms with Gasteiger partial charge in [0, 0.05) is 17.7 Å². The summed E-state index contributed by atoms with van der Waals surface area (Å²) < 4.78 is 1.49. The SMILES string of the molecule is [N-]=[N+]=NCC=Cc1cc2c(=O)[nH]cnn2c1. The van der Waals surface area contributed by atoms with Crippen molar-refractivity contribution in [2.45, 2.75) is 0 Å². The van der Waals surface area contributed by atoms with Crippen molar-refractivity contribution in [3.05, 3.63) is 51.0 Å². The van der Waals surface area contributed by atoms with E-state index in [2.05, 4.69) is 20.1 Å². The van der Waals surface area contributed by atoms with E-state index in [1.807, 2.05) is 0 Å². The highest BCUT2D eigenvalue weighted by Crippen LogP contribution is 2.05. The van der Waals surface area contributed by atoms with Gasteiger partial charge in [0.1, 0.15) is 11.8 Å². The number of rotatable bonds is 3.